The van der Waals surface area contributed by atoms with Gasteiger partial charge in [0.25, 0.3) is 0 Å². The lowest BCUT2D eigenvalue weighted by atomic mass is 9.94. The fraction of sp³-hybridized carbons (Fsp3) is 0.400. The Morgan fingerprint density at radius 2 is 1.82 bits per heavy atom. The van der Waals surface area contributed by atoms with Crippen molar-refractivity contribution in [1.82, 2.24) is 4.98 Å². The number of rotatable bonds is 3. The molecule has 1 aromatic carbocycles. The molecule has 1 atom stereocenters. The van der Waals surface area contributed by atoms with Gasteiger partial charge in [0.05, 0.1) is 12.6 Å². The minimum absolute atomic E-state index is 0.488. The predicted molar refractivity (Wildman–Crippen MR) is 71.5 cm³/mol. The van der Waals surface area contributed by atoms with Crippen LogP contribution in [0.2, 0.25) is 0 Å². The van der Waals surface area contributed by atoms with Crippen LogP contribution in [-0.4, -0.2) is 12.1 Å². The van der Waals surface area contributed by atoms with Crippen molar-refractivity contribution >= 4 is 10.9 Å². The molecule has 2 heteroatoms. The highest BCUT2D eigenvalue weighted by atomic mass is 16.5. The molecule has 1 unspecified atom stereocenters. The van der Waals surface area contributed by atoms with Crippen molar-refractivity contribution in [3.63, 3.8) is 0 Å². The minimum Gasteiger partial charge on any atom is -0.497 e. The van der Waals surface area contributed by atoms with Crippen molar-refractivity contribution in [3.05, 3.63) is 36.0 Å². The van der Waals surface area contributed by atoms with Crippen molar-refractivity contribution in [2.45, 2.75) is 26.7 Å². The second-order valence-electron chi connectivity index (χ2n) is 4.83. The molecule has 0 saturated heterocycles. The van der Waals surface area contributed by atoms with Crippen LogP contribution >= 0.6 is 0 Å². The van der Waals surface area contributed by atoms with Crippen LogP contribution < -0.4 is 4.74 Å². The monoisotopic (exact) mass is 229 g/mol. The highest BCUT2D eigenvalue weighted by Crippen LogP contribution is 2.25. The molecule has 0 amide bonds. The lowest BCUT2D eigenvalue weighted by Gasteiger charge is -2.15. The van der Waals surface area contributed by atoms with Gasteiger partial charge >= 0.3 is 0 Å². The van der Waals surface area contributed by atoms with E-state index in [0.717, 1.165) is 22.3 Å². The molecule has 0 aliphatic carbocycles. The van der Waals surface area contributed by atoms with E-state index in [1.807, 2.05) is 18.2 Å². The van der Waals surface area contributed by atoms with Gasteiger partial charge in [0.2, 0.25) is 0 Å². The van der Waals surface area contributed by atoms with Gasteiger partial charge in [-0.2, -0.15) is 0 Å². The first-order valence-electron chi connectivity index (χ1n) is 6.06. The number of pyridine rings is 1. The Hall–Kier alpha value is -1.57. The zero-order valence-corrected chi connectivity index (χ0v) is 10.9. The highest BCUT2D eigenvalue weighted by Gasteiger charge is 2.11. The second-order valence-corrected chi connectivity index (χ2v) is 4.83. The summed E-state index contributed by atoms with van der Waals surface area (Å²) < 4.78 is 5.21. The van der Waals surface area contributed by atoms with Crippen LogP contribution in [0.15, 0.2) is 30.3 Å². The topological polar surface area (TPSA) is 22.1 Å². The number of benzene rings is 1. The molecule has 2 nitrogen and oxygen atoms in total. The van der Waals surface area contributed by atoms with Crippen LogP contribution in [0.4, 0.5) is 0 Å². The Bertz CT molecular complexity index is 519. The van der Waals surface area contributed by atoms with E-state index in [9.17, 15) is 0 Å². The smallest absolute Gasteiger partial charge is 0.119 e. The summed E-state index contributed by atoms with van der Waals surface area (Å²) in [6.07, 6.45) is 0. The van der Waals surface area contributed by atoms with Crippen LogP contribution in [0.25, 0.3) is 10.9 Å². The van der Waals surface area contributed by atoms with E-state index in [2.05, 4.69) is 32.9 Å². The summed E-state index contributed by atoms with van der Waals surface area (Å²) in [5.41, 5.74) is 2.20. The molecule has 2 rings (SSSR count). The highest BCUT2D eigenvalue weighted by molar-refractivity contribution is 5.80. The van der Waals surface area contributed by atoms with Crippen molar-refractivity contribution in [2.75, 3.05) is 7.11 Å². The van der Waals surface area contributed by atoms with Crippen LogP contribution in [-0.2, 0) is 0 Å². The van der Waals surface area contributed by atoms with Crippen molar-refractivity contribution in [1.29, 1.82) is 0 Å². The van der Waals surface area contributed by atoms with E-state index in [1.165, 1.54) is 0 Å². The Kier molecular flexibility index (Phi) is 3.32. The van der Waals surface area contributed by atoms with E-state index in [0.29, 0.717) is 11.8 Å². The number of ether oxygens (including phenoxy) is 1. The minimum atomic E-state index is 0.488. The van der Waals surface area contributed by atoms with E-state index in [1.54, 1.807) is 7.11 Å². The molecule has 0 bridgehead atoms. The molecule has 0 saturated carbocycles. The van der Waals surface area contributed by atoms with Gasteiger partial charge in [0, 0.05) is 17.0 Å². The maximum absolute atomic E-state index is 5.21. The summed E-state index contributed by atoms with van der Waals surface area (Å²) in [7, 11) is 1.68. The second kappa shape index (κ2) is 4.74. The Balaban J connectivity index is 2.44. The number of nitrogens with zero attached hydrogens (tertiary/aromatic N) is 1. The zero-order valence-electron chi connectivity index (χ0n) is 10.9. The Morgan fingerprint density at radius 3 is 2.47 bits per heavy atom. The van der Waals surface area contributed by atoms with E-state index >= 15 is 0 Å². The molecule has 17 heavy (non-hydrogen) atoms. The van der Waals surface area contributed by atoms with Gasteiger partial charge in [-0.15, -0.1) is 0 Å². The molecule has 0 radical (unpaired) electrons. The molecule has 0 spiro atoms. The molecule has 90 valence electrons. The van der Waals surface area contributed by atoms with Gasteiger partial charge in [-0.3, -0.25) is 4.98 Å². The fourth-order valence-electron chi connectivity index (χ4n) is 1.84. The van der Waals surface area contributed by atoms with Crippen LogP contribution in [0.1, 0.15) is 32.4 Å². The third-order valence-corrected chi connectivity index (χ3v) is 3.38. The van der Waals surface area contributed by atoms with Crippen molar-refractivity contribution < 1.29 is 4.74 Å². The normalized spacial score (nSPS) is 13.0. The van der Waals surface area contributed by atoms with Crippen LogP contribution in [0.3, 0.4) is 0 Å². The van der Waals surface area contributed by atoms with Gasteiger partial charge in [0.1, 0.15) is 5.75 Å². The van der Waals surface area contributed by atoms with E-state index in [4.69, 9.17) is 9.72 Å². The Morgan fingerprint density at radius 1 is 1.06 bits per heavy atom. The summed E-state index contributed by atoms with van der Waals surface area (Å²) in [6, 6.07) is 10.2. The van der Waals surface area contributed by atoms with Gasteiger partial charge in [-0.05, 0) is 30.2 Å². The molecular formula is C15H19NO. The lowest BCUT2D eigenvalue weighted by molar-refractivity contribution is 0.415. The molecule has 1 aromatic heterocycles. The quantitative estimate of drug-likeness (QED) is 0.793. The maximum Gasteiger partial charge on any atom is 0.119 e. The first kappa shape index (κ1) is 11.9. The average Bonchev–Trinajstić information content (AvgIpc) is 2.36. The molecule has 0 N–H and O–H groups in total. The number of aromatic nitrogens is 1. The summed E-state index contributed by atoms with van der Waals surface area (Å²) in [6.45, 7) is 6.68. The number of methoxy groups -OCH3 is 1. The number of fused-ring (bicyclic) bond motifs is 1. The van der Waals surface area contributed by atoms with Crippen LogP contribution in [0, 0.1) is 5.92 Å². The fourth-order valence-corrected chi connectivity index (χ4v) is 1.84. The summed E-state index contributed by atoms with van der Waals surface area (Å²) >= 11 is 0. The van der Waals surface area contributed by atoms with Crippen LogP contribution in [0.5, 0.6) is 5.75 Å². The van der Waals surface area contributed by atoms with Gasteiger partial charge in [-0.25, -0.2) is 0 Å². The van der Waals surface area contributed by atoms with Crippen molar-refractivity contribution in [2.24, 2.45) is 5.92 Å². The van der Waals surface area contributed by atoms with Gasteiger partial charge in [-0.1, -0.05) is 26.8 Å². The molecule has 0 fully saturated rings. The van der Waals surface area contributed by atoms with Gasteiger partial charge < -0.3 is 4.74 Å². The molecule has 1 heterocycles. The molecule has 0 aliphatic heterocycles. The van der Waals surface area contributed by atoms with E-state index < -0.39 is 0 Å². The average molecular weight is 229 g/mol. The van der Waals surface area contributed by atoms with Gasteiger partial charge in [0.15, 0.2) is 0 Å². The standard InChI is InChI=1S/C15H19NO/c1-10(2)11(3)14-7-5-12-9-13(17-4)6-8-15(12)16-14/h5-11H,1-4H3. The first-order chi connectivity index (χ1) is 8.11. The number of hydrogen-bond acceptors (Lipinski definition) is 2. The SMILES string of the molecule is COc1ccc2nc(C(C)C(C)C)ccc2c1. The molecular weight excluding hydrogens is 210 g/mol. The number of hydrogen-bond donors (Lipinski definition) is 0. The maximum atomic E-state index is 5.21. The largest absolute Gasteiger partial charge is 0.497 e. The summed E-state index contributed by atoms with van der Waals surface area (Å²) in [5, 5.41) is 1.13. The zero-order chi connectivity index (χ0) is 12.4. The third-order valence-electron chi connectivity index (χ3n) is 3.38. The lowest BCUT2D eigenvalue weighted by Crippen LogP contribution is -2.04. The third kappa shape index (κ3) is 2.41. The summed E-state index contributed by atoms with van der Waals surface area (Å²) in [4.78, 5) is 4.72. The molecule has 0 aliphatic rings. The summed E-state index contributed by atoms with van der Waals surface area (Å²) in [5.74, 6) is 1.98. The Labute approximate surface area is 103 Å². The first-order valence-corrected chi connectivity index (χ1v) is 6.06. The van der Waals surface area contributed by atoms with Crippen molar-refractivity contribution in [3.8, 4) is 5.75 Å². The predicted octanol–water partition coefficient (Wildman–Crippen LogP) is 4.00. The molecule has 2 aromatic rings. The van der Waals surface area contributed by atoms with E-state index in [-0.39, 0.29) is 0 Å².